The molecule has 22 heavy (non-hydrogen) atoms. The number of thioether (sulfide) groups is 1. The molecule has 1 aromatic carbocycles. The van der Waals surface area contributed by atoms with E-state index in [2.05, 4.69) is 21.7 Å². The summed E-state index contributed by atoms with van der Waals surface area (Å²) in [6.45, 7) is 1.23. The van der Waals surface area contributed by atoms with Crippen LogP contribution in [0.5, 0.6) is 5.75 Å². The third kappa shape index (κ3) is 3.50. The Labute approximate surface area is 135 Å². The molecule has 2 heterocycles. The Morgan fingerprint density at radius 1 is 1.50 bits per heavy atom. The predicted molar refractivity (Wildman–Crippen MR) is 90.7 cm³/mol. The van der Waals surface area contributed by atoms with Crippen molar-refractivity contribution in [2.75, 3.05) is 31.7 Å². The van der Waals surface area contributed by atoms with Crippen LogP contribution in [0.2, 0.25) is 0 Å². The second kappa shape index (κ2) is 6.79. The molecule has 2 aliphatic heterocycles. The Bertz CT molecular complexity index is 544. The Kier molecular flexibility index (Phi) is 4.78. The maximum Gasteiger partial charge on any atom is 0.191 e. The zero-order chi connectivity index (χ0) is 15.4. The molecule has 2 unspecified atom stereocenters. The van der Waals surface area contributed by atoms with E-state index in [4.69, 9.17) is 4.74 Å². The number of hydrogen-bond acceptors (Lipinski definition) is 4. The van der Waals surface area contributed by atoms with E-state index in [1.165, 1.54) is 0 Å². The topological polar surface area (TPSA) is 65.9 Å². The van der Waals surface area contributed by atoms with E-state index in [1.807, 2.05) is 18.2 Å². The lowest BCUT2D eigenvalue weighted by molar-refractivity contribution is 0.0723. The van der Waals surface area contributed by atoms with Crippen molar-refractivity contribution < 1.29 is 9.84 Å². The highest BCUT2D eigenvalue weighted by Crippen LogP contribution is 2.31. The highest BCUT2D eigenvalue weighted by Gasteiger charge is 2.32. The summed E-state index contributed by atoms with van der Waals surface area (Å²) in [5, 5.41) is 17.1. The van der Waals surface area contributed by atoms with Gasteiger partial charge in [-0.15, -0.1) is 0 Å². The molecule has 3 rings (SSSR count). The van der Waals surface area contributed by atoms with Gasteiger partial charge < -0.3 is 20.5 Å². The van der Waals surface area contributed by atoms with Crippen LogP contribution in [0.1, 0.15) is 24.4 Å². The number of nitrogens with zero attached hydrogens (tertiary/aromatic N) is 1. The quantitative estimate of drug-likeness (QED) is 0.582. The third-order valence-corrected chi connectivity index (χ3v) is 5.39. The fourth-order valence-electron chi connectivity index (χ4n) is 2.84. The monoisotopic (exact) mass is 321 g/mol. The van der Waals surface area contributed by atoms with Crippen LogP contribution < -0.4 is 15.4 Å². The maximum absolute atomic E-state index is 10.4. The Morgan fingerprint density at radius 3 is 3.14 bits per heavy atom. The first-order valence-electron chi connectivity index (χ1n) is 7.69. The van der Waals surface area contributed by atoms with E-state index in [-0.39, 0.29) is 6.04 Å². The average Bonchev–Trinajstić information content (AvgIpc) is 2.98. The lowest BCUT2D eigenvalue weighted by atomic mass is 10.0. The molecule has 0 aromatic heterocycles. The van der Waals surface area contributed by atoms with Crippen LogP contribution in [0, 0.1) is 0 Å². The molecule has 2 aliphatic rings. The zero-order valence-corrected chi connectivity index (χ0v) is 13.7. The number of ether oxygens (including phenoxy) is 1. The summed E-state index contributed by atoms with van der Waals surface area (Å²) in [7, 11) is 1.76. The molecule has 0 aliphatic carbocycles. The summed E-state index contributed by atoms with van der Waals surface area (Å²) in [6, 6.07) is 8.28. The average molecular weight is 321 g/mol. The van der Waals surface area contributed by atoms with E-state index < -0.39 is 5.60 Å². The van der Waals surface area contributed by atoms with Crippen molar-refractivity contribution in [3.8, 4) is 5.75 Å². The van der Waals surface area contributed by atoms with Gasteiger partial charge in [0.15, 0.2) is 5.96 Å². The van der Waals surface area contributed by atoms with Crippen LogP contribution >= 0.6 is 11.8 Å². The van der Waals surface area contributed by atoms with Gasteiger partial charge in [0.1, 0.15) is 5.75 Å². The molecule has 5 nitrogen and oxygen atoms in total. The van der Waals surface area contributed by atoms with Gasteiger partial charge in [-0.1, -0.05) is 18.2 Å². The summed E-state index contributed by atoms with van der Waals surface area (Å²) in [4.78, 5) is 4.28. The fourth-order valence-corrected chi connectivity index (χ4v) is 4.13. The van der Waals surface area contributed by atoms with Crippen molar-refractivity contribution in [1.82, 2.24) is 10.6 Å². The van der Waals surface area contributed by atoms with Crippen molar-refractivity contribution in [1.29, 1.82) is 0 Å². The second-order valence-corrected chi connectivity index (χ2v) is 6.93. The van der Waals surface area contributed by atoms with Crippen molar-refractivity contribution in [2.45, 2.75) is 24.5 Å². The molecule has 0 spiro atoms. The molecule has 120 valence electrons. The van der Waals surface area contributed by atoms with E-state index in [9.17, 15) is 5.11 Å². The third-order valence-electron chi connectivity index (χ3n) is 4.16. The van der Waals surface area contributed by atoms with Crippen LogP contribution in [0.25, 0.3) is 0 Å². The second-order valence-electron chi connectivity index (χ2n) is 5.82. The number of aliphatic hydroxyl groups is 1. The van der Waals surface area contributed by atoms with Crippen molar-refractivity contribution in [2.24, 2.45) is 4.99 Å². The lowest BCUT2D eigenvalue weighted by Gasteiger charge is -2.29. The van der Waals surface area contributed by atoms with Gasteiger partial charge in [0.25, 0.3) is 0 Å². The Hall–Kier alpha value is -1.40. The number of hydrogen-bond donors (Lipinski definition) is 3. The first-order valence-corrected chi connectivity index (χ1v) is 8.85. The van der Waals surface area contributed by atoms with Gasteiger partial charge in [-0.05, 0) is 18.2 Å². The SMILES string of the molecule is CN=C(NCC1(O)CCSC1)NC1CCOc2ccccc21. The fraction of sp³-hybridized carbons (Fsp3) is 0.562. The number of benzene rings is 1. The van der Waals surface area contributed by atoms with E-state index in [0.717, 1.165) is 41.6 Å². The number of guanidine groups is 1. The zero-order valence-electron chi connectivity index (χ0n) is 12.8. The van der Waals surface area contributed by atoms with Crippen LogP contribution in [0.4, 0.5) is 0 Å². The van der Waals surface area contributed by atoms with E-state index in [0.29, 0.717) is 13.2 Å². The Morgan fingerprint density at radius 2 is 2.36 bits per heavy atom. The van der Waals surface area contributed by atoms with Gasteiger partial charge in [0, 0.05) is 31.3 Å². The molecule has 0 amide bonds. The summed E-state index contributed by atoms with van der Waals surface area (Å²) in [5.41, 5.74) is 0.544. The predicted octanol–water partition coefficient (Wildman–Crippen LogP) is 1.54. The largest absolute Gasteiger partial charge is 0.493 e. The summed E-state index contributed by atoms with van der Waals surface area (Å²) < 4.78 is 5.68. The molecule has 1 fully saturated rings. The standard InChI is InChI=1S/C16H23N3O2S/c1-17-15(18-10-16(20)7-9-22-11-16)19-13-6-8-21-14-5-3-2-4-12(13)14/h2-5,13,20H,6-11H2,1H3,(H2,17,18,19). The van der Waals surface area contributed by atoms with Gasteiger partial charge in [0.2, 0.25) is 0 Å². The van der Waals surface area contributed by atoms with Crippen LogP contribution in [0.15, 0.2) is 29.3 Å². The minimum atomic E-state index is -0.615. The molecular formula is C16H23N3O2S. The van der Waals surface area contributed by atoms with Crippen molar-refractivity contribution in [3.63, 3.8) is 0 Å². The molecule has 0 radical (unpaired) electrons. The molecule has 3 N–H and O–H groups in total. The first-order chi connectivity index (χ1) is 10.7. The minimum Gasteiger partial charge on any atom is -0.493 e. The number of aliphatic imine (C=N–C) groups is 1. The highest BCUT2D eigenvalue weighted by atomic mass is 32.2. The summed E-state index contributed by atoms with van der Waals surface area (Å²) in [6.07, 6.45) is 1.74. The lowest BCUT2D eigenvalue weighted by Crippen LogP contribution is -2.48. The van der Waals surface area contributed by atoms with Gasteiger partial charge in [-0.2, -0.15) is 11.8 Å². The molecule has 6 heteroatoms. The smallest absolute Gasteiger partial charge is 0.191 e. The van der Waals surface area contributed by atoms with Crippen LogP contribution in [-0.4, -0.2) is 48.4 Å². The molecular weight excluding hydrogens is 298 g/mol. The van der Waals surface area contributed by atoms with Gasteiger partial charge in [0.05, 0.1) is 18.2 Å². The van der Waals surface area contributed by atoms with Crippen LogP contribution in [-0.2, 0) is 0 Å². The van der Waals surface area contributed by atoms with Crippen molar-refractivity contribution >= 4 is 17.7 Å². The number of fused-ring (bicyclic) bond motifs is 1. The van der Waals surface area contributed by atoms with Crippen LogP contribution in [0.3, 0.4) is 0 Å². The molecule has 0 saturated carbocycles. The number of rotatable bonds is 3. The molecule has 1 aromatic rings. The normalized spacial score (nSPS) is 27.9. The first kappa shape index (κ1) is 15.5. The summed E-state index contributed by atoms with van der Waals surface area (Å²) >= 11 is 1.80. The summed E-state index contributed by atoms with van der Waals surface area (Å²) in [5.74, 6) is 3.48. The Balaban J connectivity index is 1.62. The van der Waals surface area contributed by atoms with E-state index >= 15 is 0 Å². The van der Waals surface area contributed by atoms with Gasteiger partial charge >= 0.3 is 0 Å². The molecule has 0 bridgehead atoms. The molecule has 2 atom stereocenters. The maximum atomic E-state index is 10.4. The number of nitrogens with one attached hydrogen (secondary N) is 2. The van der Waals surface area contributed by atoms with Crippen molar-refractivity contribution in [3.05, 3.63) is 29.8 Å². The highest BCUT2D eigenvalue weighted by molar-refractivity contribution is 7.99. The van der Waals surface area contributed by atoms with Gasteiger partial charge in [-0.25, -0.2) is 0 Å². The minimum absolute atomic E-state index is 0.184. The van der Waals surface area contributed by atoms with E-state index in [1.54, 1.807) is 18.8 Å². The van der Waals surface area contributed by atoms with Gasteiger partial charge in [-0.3, -0.25) is 4.99 Å². The molecule has 1 saturated heterocycles. The number of para-hydroxylation sites is 1.